The van der Waals surface area contributed by atoms with Crippen LogP contribution in [0.25, 0.3) is 0 Å². The predicted molar refractivity (Wildman–Crippen MR) is 87.1 cm³/mol. The van der Waals surface area contributed by atoms with Crippen LogP contribution in [0.2, 0.25) is 0 Å². The van der Waals surface area contributed by atoms with E-state index in [1.807, 2.05) is 41.5 Å². The minimum Gasteiger partial charge on any atom is -0.390 e. The summed E-state index contributed by atoms with van der Waals surface area (Å²) in [5, 5.41) is 9.73. The molecule has 1 nitrogen and oxygen atoms in total. The number of aliphatic hydroxyl groups is 1. The van der Waals surface area contributed by atoms with E-state index >= 15 is 0 Å². The van der Waals surface area contributed by atoms with Gasteiger partial charge in [0.2, 0.25) is 0 Å². The van der Waals surface area contributed by atoms with Crippen molar-refractivity contribution in [2.75, 3.05) is 0 Å². The zero-order valence-corrected chi connectivity index (χ0v) is 14.5. The molecule has 116 valence electrons. The molecule has 5 heteroatoms. The van der Waals surface area contributed by atoms with Crippen molar-refractivity contribution in [1.82, 2.24) is 0 Å². The van der Waals surface area contributed by atoms with E-state index in [0.717, 1.165) is 6.07 Å². The molecule has 1 aliphatic rings. The molecule has 0 amide bonds. The highest BCUT2D eigenvalue weighted by molar-refractivity contribution is 8.77. The van der Waals surface area contributed by atoms with Crippen LogP contribution in [0.1, 0.15) is 52.4 Å². The first-order chi connectivity index (χ1) is 9.42. The van der Waals surface area contributed by atoms with E-state index in [1.54, 1.807) is 0 Å². The zero-order valence-electron chi connectivity index (χ0n) is 12.9. The molecule has 0 aromatic heterocycles. The molecule has 2 unspecified atom stereocenters. The second kappa shape index (κ2) is 8.90. The topological polar surface area (TPSA) is 20.2 Å². The fraction of sp³-hybridized carbons (Fsp3) is 0.600. The van der Waals surface area contributed by atoms with Gasteiger partial charge in [-0.3, -0.25) is 0 Å². The Labute approximate surface area is 128 Å². The molecule has 0 bridgehead atoms. The Bertz CT molecular complexity index is 411. The number of halogens is 2. The first-order valence-corrected chi connectivity index (χ1v) is 9.10. The molecule has 0 aliphatic carbocycles. The number of hydrogen-bond donors (Lipinski definition) is 1. The van der Waals surface area contributed by atoms with Gasteiger partial charge in [0, 0.05) is 16.4 Å². The summed E-state index contributed by atoms with van der Waals surface area (Å²) in [5.41, 5.74) is 0.372. The molecule has 1 heterocycles. The molecule has 1 aromatic carbocycles. The molecular weight excluding hydrogens is 298 g/mol. The first-order valence-electron chi connectivity index (χ1n) is 6.89. The first kappa shape index (κ1) is 19.7. The average molecular weight is 322 g/mol. The van der Waals surface area contributed by atoms with Crippen LogP contribution < -0.4 is 0 Å². The second-order valence-electron chi connectivity index (χ2n) is 4.31. The SMILES string of the molecule is CC.CC.CC1(C)SSC(c2ccc(F)cc2F)C1O. The van der Waals surface area contributed by atoms with Crippen molar-refractivity contribution < 1.29 is 13.9 Å². The molecule has 1 saturated heterocycles. The van der Waals surface area contributed by atoms with Crippen LogP contribution in [0.3, 0.4) is 0 Å². The van der Waals surface area contributed by atoms with E-state index in [9.17, 15) is 13.9 Å². The largest absolute Gasteiger partial charge is 0.390 e. The van der Waals surface area contributed by atoms with Crippen molar-refractivity contribution in [3.05, 3.63) is 35.4 Å². The molecule has 1 aromatic rings. The summed E-state index contributed by atoms with van der Waals surface area (Å²) < 4.78 is 26.0. The predicted octanol–water partition coefficient (Wildman–Crippen LogP) is 5.59. The summed E-state index contributed by atoms with van der Waals surface area (Å²) in [5.74, 6) is -1.18. The highest BCUT2D eigenvalue weighted by Gasteiger charge is 2.44. The Balaban J connectivity index is 0.000000829. The van der Waals surface area contributed by atoms with Crippen LogP contribution >= 0.6 is 21.6 Å². The van der Waals surface area contributed by atoms with Crippen LogP contribution in [-0.4, -0.2) is 16.0 Å². The van der Waals surface area contributed by atoms with Gasteiger partial charge in [0.1, 0.15) is 11.6 Å². The number of hydrogen-bond acceptors (Lipinski definition) is 3. The maximum atomic E-state index is 13.6. The van der Waals surface area contributed by atoms with Crippen molar-refractivity contribution in [3.8, 4) is 0 Å². The fourth-order valence-electron chi connectivity index (χ4n) is 1.60. The number of aliphatic hydroxyl groups excluding tert-OH is 1. The fourth-order valence-corrected chi connectivity index (χ4v) is 4.99. The van der Waals surface area contributed by atoms with Gasteiger partial charge in [-0.15, -0.1) is 0 Å². The van der Waals surface area contributed by atoms with E-state index in [1.165, 1.54) is 33.7 Å². The molecule has 0 radical (unpaired) electrons. The number of rotatable bonds is 1. The van der Waals surface area contributed by atoms with Crippen molar-refractivity contribution in [3.63, 3.8) is 0 Å². The highest BCUT2D eigenvalue weighted by atomic mass is 33.1. The second-order valence-corrected chi connectivity index (χ2v) is 7.31. The quantitative estimate of drug-likeness (QED) is 0.680. The average Bonchev–Trinajstić information content (AvgIpc) is 2.70. The van der Waals surface area contributed by atoms with Crippen LogP contribution in [0.5, 0.6) is 0 Å². The summed E-state index contributed by atoms with van der Waals surface area (Å²) in [4.78, 5) is 0. The molecule has 2 rings (SSSR count). The van der Waals surface area contributed by atoms with Crippen molar-refractivity contribution in [1.29, 1.82) is 0 Å². The summed E-state index contributed by atoms with van der Waals surface area (Å²) in [6, 6.07) is 3.49. The maximum Gasteiger partial charge on any atom is 0.130 e. The van der Waals surface area contributed by atoms with Crippen LogP contribution in [0.15, 0.2) is 18.2 Å². The monoisotopic (exact) mass is 322 g/mol. The van der Waals surface area contributed by atoms with Gasteiger partial charge >= 0.3 is 0 Å². The van der Waals surface area contributed by atoms with Gasteiger partial charge in [-0.25, -0.2) is 8.78 Å². The van der Waals surface area contributed by atoms with Crippen LogP contribution in [-0.2, 0) is 0 Å². The van der Waals surface area contributed by atoms with E-state index in [-0.39, 0.29) is 10.00 Å². The Morgan fingerprint density at radius 2 is 1.65 bits per heavy atom. The summed E-state index contributed by atoms with van der Waals surface area (Å²) in [7, 11) is 2.96. The Kier molecular flexibility index (Phi) is 8.79. The van der Waals surface area contributed by atoms with Gasteiger partial charge < -0.3 is 5.11 Å². The number of benzene rings is 1. The lowest BCUT2D eigenvalue weighted by molar-refractivity contribution is 0.142. The smallest absolute Gasteiger partial charge is 0.130 e. The normalized spacial score (nSPS) is 23.2. The van der Waals surface area contributed by atoms with E-state index in [0.29, 0.717) is 5.56 Å². The van der Waals surface area contributed by atoms with Crippen molar-refractivity contribution in [2.24, 2.45) is 0 Å². The molecule has 0 saturated carbocycles. The third kappa shape index (κ3) is 4.64. The van der Waals surface area contributed by atoms with Crippen LogP contribution in [0.4, 0.5) is 8.78 Å². The summed E-state index contributed by atoms with van der Waals surface area (Å²) in [6.07, 6.45) is -0.637. The van der Waals surface area contributed by atoms with Crippen molar-refractivity contribution >= 4 is 21.6 Å². The minimum absolute atomic E-state index is 0.309. The molecule has 1 aliphatic heterocycles. The van der Waals surface area contributed by atoms with Crippen molar-refractivity contribution in [2.45, 2.75) is 57.6 Å². The third-order valence-electron chi connectivity index (χ3n) is 2.63. The van der Waals surface area contributed by atoms with E-state index in [4.69, 9.17) is 0 Å². The minimum atomic E-state index is -0.637. The van der Waals surface area contributed by atoms with Gasteiger partial charge in [0.15, 0.2) is 0 Å². The van der Waals surface area contributed by atoms with E-state index in [2.05, 4.69) is 0 Å². The van der Waals surface area contributed by atoms with Gasteiger partial charge in [-0.05, 0) is 19.9 Å². The molecular formula is C15H24F2OS2. The Morgan fingerprint density at radius 3 is 2.05 bits per heavy atom. The summed E-state index contributed by atoms with van der Waals surface area (Å²) >= 11 is 0. The maximum absolute atomic E-state index is 13.6. The van der Waals surface area contributed by atoms with Gasteiger partial charge in [0.05, 0.1) is 11.4 Å². The lowest BCUT2D eigenvalue weighted by Crippen LogP contribution is -2.31. The van der Waals surface area contributed by atoms with E-state index < -0.39 is 17.7 Å². The summed E-state index contributed by atoms with van der Waals surface area (Å²) in [6.45, 7) is 11.8. The molecule has 0 spiro atoms. The Hall–Kier alpha value is -0.260. The molecule has 2 atom stereocenters. The Morgan fingerprint density at radius 1 is 1.10 bits per heavy atom. The molecule has 1 fully saturated rings. The lowest BCUT2D eigenvalue weighted by Gasteiger charge is -2.23. The third-order valence-corrected chi connectivity index (χ3v) is 6.32. The molecule has 20 heavy (non-hydrogen) atoms. The highest BCUT2D eigenvalue weighted by Crippen LogP contribution is 2.58. The van der Waals surface area contributed by atoms with Crippen LogP contribution in [0, 0.1) is 11.6 Å². The lowest BCUT2D eigenvalue weighted by atomic mass is 9.97. The van der Waals surface area contributed by atoms with Gasteiger partial charge in [-0.1, -0.05) is 55.3 Å². The molecule has 1 N–H and O–H groups in total. The van der Waals surface area contributed by atoms with Gasteiger partial charge in [-0.2, -0.15) is 0 Å². The van der Waals surface area contributed by atoms with Gasteiger partial charge in [0.25, 0.3) is 0 Å². The zero-order chi connectivity index (χ0) is 15.9. The standard InChI is InChI=1S/C11H12F2OS2.2C2H6/c1-11(2)10(14)9(15-16-11)7-4-3-6(12)5-8(7)13;2*1-2/h3-5,9-10,14H,1-2H3;2*1-2H3.